The summed E-state index contributed by atoms with van der Waals surface area (Å²) in [5.74, 6) is 0. The summed E-state index contributed by atoms with van der Waals surface area (Å²) in [6.07, 6.45) is 6.89. The van der Waals surface area contributed by atoms with Crippen molar-refractivity contribution in [1.29, 1.82) is 5.26 Å². The molecular weight excluding hydrogens is 150 g/mol. The molecule has 2 aliphatic rings. The van der Waals surface area contributed by atoms with E-state index < -0.39 is 0 Å². The molecule has 0 N–H and O–H groups in total. The van der Waals surface area contributed by atoms with Crippen molar-refractivity contribution >= 4 is 0 Å². The topological polar surface area (TPSA) is 36.3 Å². The van der Waals surface area contributed by atoms with Gasteiger partial charge in [-0.05, 0) is 38.2 Å². The highest BCUT2D eigenvalue weighted by Gasteiger charge is 2.55. The molecule has 2 unspecified atom stereocenters. The van der Waals surface area contributed by atoms with E-state index in [4.69, 9.17) is 10.00 Å². The third-order valence-electron chi connectivity index (χ3n) is 2.85. The second kappa shape index (κ2) is 2.60. The average Bonchev–Trinajstić information content (AvgIpc) is 2.81. The SMILES string of the molecule is CC1(C2=CCCCC2)OC1C#N. The Morgan fingerprint density at radius 1 is 1.67 bits per heavy atom. The van der Waals surface area contributed by atoms with Crippen molar-refractivity contribution in [2.45, 2.75) is 44.3 Å². The van der Waals surface area contributed by atoms with Crippen molar-refractivity contribution in [1.82, 2.24) is 0 Å². The van der Waals surface area contributed by atoms with Gasteiger partial charge in [-0.3, -0.25) is 0 Å². The molecule has 2 nitrogen and oxygen atoms in total. The van der Waals surface area contributed by atoms with E-state index in [9.17, 15) is 0 Å². The molecule has 0 bridgehead atoms. The predicted octanol–water partition coefficient (Wildman–Crippen LogP) is 2.17. The molecule has 0 aromatic heterocycles. The van der Waals surface area contributed by atoms with E-state index in [1.54, 1.807) is 0 Å². The van der Waals surface area contributed by atoms with Crippen LogP contribution in [0.2, 0.25) is 0 Å². The van der Waals surface area contributed by atoms with Crippen LogP contribution in [0.5, 0.6) is 0 Å². The van der Waals surface area contributed by atoms with E-state index >= 15 is 0 Å². The highest BCUT2D eigenvalue weighted by atomic mass is 16.6. The summed E-state index contributed by atoms with van der Waals surface area (Å²) in [4.78, 5) is 0. The molecule has 0 saturated carbocycles. The summed E-state index contributed by atoms with van der Waals surface area (Å²) in [5, 5.41) is 8.67. The van der Waals surface area contributed by atoms with Gasteiger partial charge in [0.2, 0.25) is 0 Å². The van der Waals surface area contributed by atoms with Gasteiger partial charge in [0, 0.05) is 0 Å². The van der Waals surface area contributed by atoms with Gasteiger partial charge in [-0.1, -0.05) is 6.08 Å². The van der Waals surface area contributed by atoms with Crippen LogP contribution in [0, 0.1) is 11.3 Å². The fourth-order valence-electron chi connectivity index (χ4n) is 1.89. The van der Waals surface area contributed by atoms with E-state index in [0.29, 0.717) is 0 Å². The Labute approximate surface area is 72.8 Å². The lowest BCUT2D eigenvalue weighted by atomic mass is 9.88. The van der Waals surface area contributed by atoms with Crippen LogP contribution in [0.4, 0.5) is 0 Å². The van der Waals surface area contributed by atoms with Crippen LogP contribution in [0.25, 0.3) is 0 Å². The van der Waals surface area contributed by atoms with E-state index in [0.717, 1.165) is 12.8 Å². The van der Waals surface area contributed by atoms with Crippen molar-refractivity contribution in [3.05, 3.63) is 11.6 Å². The van der Waals surface area contributed by atoms with Gasteiger partial charge < -0.3 is 4.74 Å². The number of epoxide rings is 1. The van der Waals surface area contributed by atoms with Crippen molar-refractivity contribution in [2.75, 3.05) is 0 Å². The van der Waals surface area contributed by atoms with Gasteiger partial charge in [0.1, 0.15) is 5.60 Å². The van der Waals surface area contributed by atoms with Crippen LogP contribution >= 0.6 is 0 Å². The molecule has 2 rings (SSSR count). The monoisotopic (exact) mass is 163 g/mol. The molecule has 0 radical (unpaired) electrons. The second-order valence-corrected chi connectivity index (χ2v) is 3.71. The molecule has 1 heterocycles. The van der Waals surface area contributed by atoms with Gasteiger partial charge in [0.25, 0.3) is 0 Å². The molecule has 64 valence electrons. The Kier molecular flexibility index (Phi) is 1.69. The van der Waals surface area contributed by atoms with Crippen molar-refractivity contribution in [3.63, 3.8) is 0 Å². The third-order valence-corrected chi connectivity index (χ3v) is 2.85. The molecule has 0 aromatic carbocycles. The number of rotatable bonds is 1. The number of allylic oxidation sites excluding steroid dienone is 1. The molecule has 2 heteroatoms. The minimum absolute atomic E-state index is 0.179. The first kappa shape index (κ1) is 7.82. The van der Waals surface area contributed by atoms with Crippen LogP contribution in [0.15, 0.2) is 11.6 Å². The maximum Gasteiger partial charge on any atom is 0.177 e. The van der Waals surface area contributed by atoms with Gasteiger partial charge in [0.05, 0.1) is 6.07 Å². The molecular formula is C10H13NO. The maximum absolute atomic E-state index is 8.67. The lowest BCUT2D eigenvalue weighted by molar-refractivity contribution is 0.338. The highest BCUT2D eigenvalue weighted by Crippen LogP contribution is 2.45. The summed E-state index contributed by atoms with van der Waals surface area (Å²) in [5.41, 5.74) is 1.13. The minimum atomic E-state index is -0.213. The zero-order valence-electron chi connectivity index (χ0n) is 7.34. The Balaban J connectivity index is 2.11. The third kappa shape index (κ3) is 1.05. The van der Waals surface area contributed by atoms with Gasteiger partial charge in [0.15, 0.2) is 6.10 Å². The van der Waals surface area contributed by atoms with Gasteiger partial charge in [-0.15, -0.1) is 0 Å². The maximum atomic E-state index is 8.67. The van der Waals surface area contributed by atoms with E-state index in [-0.39, 0.29) is 11.7 Å². The molecule has 0 aromatic rings. The van der Waals surface area contributed by atoms with Crippen molar-refractivity contribution in [3.8, 4) is 6.07 Å². The van der Waals surface area contributed by atoms with Crippen molar-refractivity contribution < 1.29 is 4.74 Å². The fraction of sp³-hybridized carbons (Fsp3) is 0.700. The molecule has 1 saturated heterocycles. The Morgan fingerprint density at radius 2 is 2.50 bits per heavy atom. The molecule has 0 spiro atoms. The Bertz CT molecular complexity index is 264. The molecule has 1 aliphatic heterocycles. The van der Waals surface area contributed by atoms with E-state index in [1.807, 2.05) is 6.92 Å². The van der Waals surface area contributed by atoms with Crippen LogP contribution in [-0.2, 0) is 4.74 Å². The summed E-state index contributed by atoms with van der Waals surface area (Å²) >= 11 is 0. The number of ether oxygens (including phenoxy) is 1. The fourth-order valence-corrected chi connectivity index (χ4v) is 1.89. The first-order valence-electron chi connectivity index (χ1n) is 4.54. The van der Waals surface area contributed by atoms with Gasteiger partial charge >= 0.3 is 0 Å². The standard InChI is InChI=1S/C10H13NO/c1-10(9(7-11)12-10)8-5-3-2-4-6-8/h5,9H,2-4,6H2,1H3. The van der Waals surface area contributed by atoms with Crippen molar-refractivity contribution in [2.24, 2.45) is 0 Å². The zero-order valence-corrected chi connectivity index (χ0v) is 7.34. The van der Waals surface area contributed by atoms with Crippen LogP contribution in [0.1, 0.15) is 32.6 Å². The Morgan fingerprint density at radius 3 is 3.00 bits per heavy atom. The number of nitriles is 1. The number of hydrogen-bond donors (Lipinski definition) is 0. The highest BCUT2D eigenvalue weighted by molar-refractivity contribution is 5.31. The molecule has 12 heavy (non-hydrogen) atoms. The average molecular weight is 163 g/mol. The van der Waals surface area contributed by atoms with Crippen LogP contribution < -0.4 is 0 Å². The Hall–Kier alpha value is -0.810. The van der Waals surface area contributed by atoms with Crippen LogP contribution in [0.3, 0.4) is 0 Å². The number of nitrogens with zero attached hydrogens (tertiary/aromatic N) is 1. The molecule has 2 atom stereocenters. The summed E-state index contributed by atoms with van der Waals surface area (Å²) < 4.78 is 5.36. The minimum Gasteiger partial charge on any atom is -0.345 e. The first-order valence-corrected chi connectivity index (χ1v) is 4.54. The summed E-state index contributed by atoms with van der Waals surface area (Å²) in [7, 11) is 0. The van der Waals surface area contributed by atoms with Crippen LogP contribution in [-0.4, -0.2) is 11.7 Å². The zero-order chi connectivity index (χ0) is 8.60. The lowest BCUT2D eigenvalue weighted by Gasteiger charge is -2.15. The largest absolute Gasteiger partial charge is 0.345 e. The van der Waals surface area contributed by atoms with E-state index in [2.05, 4.69) is 12.1 Å². The second-order valence-electron chi connectivity index (χ2n) is 3.71. The number of hydrogen-bond acceptors (Lipinski definition) is 2. The predicted molar refractivity (Wildman–Crippen MR) is 45.4 cm³/mol. The quantitative estimate of drug-likeness (QED) is 0.438. The molecule has 1 aliphatic carbocycles. The van der Waals surface area contributed by atoms with Gasteiger partial charge in [-0.2, -0.15) is 5.26 Å². The summed E-state index contributed by atoms with van der Waals surface area (Å²) in [6, 6.07) is 2.16. The summed E-state index contributed by atoms with van der Waals surface area (Å²) in [6.45, 7) is 2.03. The molecule has 1 fully saturated rings. The molecule has 0 amide bonds. The lowest BCUT2D eigenvalue weighted by Crippen LogP contribution is -2.14. The normalized spacial score (nSPS) is 40.0. The van der Waals surface area contributed by atoms with E-state index in [1.165, 1.54) is 18.4 Å². The first-order chi connectivity index (χ1) is 5.77. The van der Waals surface area contributed by atoms with Gasteiger partial charge in [-0.25, -0.2) is 0 Å². The smallest absolute Gasteiger partial charge is 0.177 e.